The number of carbonyl (C=O) groups is 3. The van der Waals surface area contributed by atoms with Gasteiger partial charge in [0.25, 0.3) is 5.91 Å². The Bertz CT molecular complexity index is 876. The molecule has 0 aromatic heterocycles. The Morgan fingerprint density at radius 3 is 2.31 bits per heavy atom. The zero-order chi connectivity index (χ0) is 20.9. The van der Waals surface area contributed by atoms with Gasteiger partial charge in [-0.05, 0) is 36.2 Å². The molecule has 6 heteroatoms. The summed E-state index contributed by atoms with van der Waals surface area (Å²) in [7, 11) is 0. The molecular weight excluding hydrogens is 366 g/mol. The lowest BCUT2D eigenvalue weighted by Gasteiger charge is -2.25. The van der Waals surface area contributed by atoms with Crippen LogP contribution in [0.5, 0.6) is 0 Å². The number of rotatable bonds is 7. The maximum atomic E-state index is 12.3. The SMILES string of the molecule is CC(C)(CNC(=O)CNC(=O)c1ccc(N2CCCC2=O)cc1)c1ccccc1. The van der Waals surface area contributed by atoms with E-state index >= 15 is 0 Å². The molecule has 1 fully saturated rings. The van der Waals surface area contributed by atoms with Crippen molar-refractivity contribution in [3.63, 3.8) is 0 Å². The van der Waals surface area contributed by atoms with Gasteiger partial charge in [-0.2, -0.15) is 0 Å². The third kappa shape index (κ3) is 5.22. The molecule has 0 saturated carbocycles. The molecule has 0 atom stereocenters. The van der Waals surface area contributed by atoms with Gasteiger partial charge in [0.15, 0.2) is 0 Å². The summed E-state index contributed by atoms with van der Waals surface area (Å²) < 4.78 is 0. The van der Waals surface area contributed by atoms with Crippen molar-refractivity contribution in [2.24, 2.45) is 0 Å². The zero-order valence-corrected chi connectivity index (χ0v) is 16.9. The van der Waals surface area contributed by atoms with Crippen LogP contribution in [0.15, 0.2) is 54.6 Å². The Hall–Kier alpha value is -3.15. The molecule has 3 amide bonds. The Morgan fingerprint density at radius 1 is 1.00 bits per heavy atom. The summed E-state index contributed by atoms with van der Waals surface area (Å²) in [5, 5.41) is 5.52. The van der Waals surface area contributed by atoms with E-state index in [0.29, 0.717) is 25.1 Å². The Balaban J connectivity index is 1.47. The molecule has 2 aromatic rings. The van der Waals surface area contributed by atoms with Crippen LogP contribution in [-0.4, -0.2) is 37.4 Å². The van der Waals surface area contributed by atoms with Crippen molar-refractivity contribution < 1.29 is 14.4 Å². The van der Waals surface area contributed by atoms with Crippen molar-refractivity contribution in [2.75, 3.05) is 24.5 Å². The number of hydrogen-bond donors (Lipinski definition) is 2. The average Bonchev–Trinajstić information content (AvgIpc) is 3.17. The van der Waals surface area contributed by atoms with Crippen LogP contribution in [0.3, 0.4) is 0 Å². The fraction of sp³-hybridized carbons (Fsp3) is 0.348. The zero-order valence-electron chi connectivity index (χ0n) is 16.9. The lowest BCUT2D eigenvalue weighted by Crippen LogP contribution is -2.42. The molecule has 2 N–H and O–H groups in total. The molecular formula is C23H27N3O3. The Morgan fingerprint density at radius 2 is 1.69 bits per heavy atom. The maximum absolute atomic E-state index is 12.3. The van der Waals surface area contributed by atoms with E-state index in [1.165, 1.54) is 0 Å². The Kier molecular flexibility index (Phi) is 6.32. The fourth-order valence-electron chi connectivity index (χ4n) is 3.35. The van der Waals surface area contributed by atoms with E-state index in [0.717, 1.165) is 17.7 Å². The summed E-state index contributed by atoms with van der Waals surface area (Å²) in [5.74, 6) is -0.444. The van der Waals surface area contributed by atoms with Gasteiger partial charge in [-0.25, -0.2) is 0 Å². The van der Waals surface area contributed by atoms with E-state index in [9.17, 15) is 14.4 Å². The number of nitrogens with one attached hydrogen (secondary N) is 2. The summed E-state index contributed by atoms with van der Waals surface area (Å²) in [6.07, 6.45) is 1.43. The van der Waals surface area contributed by atoms with E-state index in [4.69, 9.17) is 0 Å². The minimum absolute atomic E-state index is 0.0872. The summed E-state index contributed by atoms with van der Waals surface area (Å²) in [5.41, 5.74) is 2.19. The molecule has 152 valence electrons. The minimum atomic E-state index is -0.318. The fourth-order valence-corrected chi connectivity index (χ4v) is 3.35. The van der Waals surface area contributed by atoms with Gasteiger partial charge in [0.2, 0.25) is 11.8 Å². The molecule has 0 bridgehead atoms. The highest BCUT2D eigenvalue weighted by Gasteiger charge is 2.22. The van der Waals surface area contributed by atoms with Gasteiger partial charge in [-0.3, -0.25) is 14.4 Å². The molecule has 1 saturated heterocycles. The highest BCUT2D eigenvalue weighted by molar-refractivity contribution is 5.98. The molecule has 0 unspecified atom stereocenters. The summed E-state index contributed by atoms with van der Waals surface area (Å²) in [6.45, 7) is 5.23. The third-order valence-corrected chi connectivity index (χ3v) is 5.21. The van der Waals surface area contributed by atoms with E-state index in [1.807, 2.05) is 30.3 Å². The first kappa shape index (κ1) is 20.6. The minimum Gasteiger partial charge on any atom is -0.354 e. The van der Waals surface area contributed by atoms with Crippen LogP contribution in [0, 0.1) is 0 Å². The van der Waals surface area contributed by atoms with Gasteiger partial charge in [0.1, 0.15) is 0 Å². The molecule has 2 aromatic carbocycles. The smallest absolute Gasteiger partial charge is 0.251 e. The van der Waals surface area contributed by atoms with Crippen molar-refractivity contribution in [1.82, 2.24) is 10.6 Å². The molecule has 1 aliphatic heterocycles. The molecule has 29 heavy (non-hydrogen) atoms. The van der Waals surface area contributed by atoms with Gasteiger partial charge in [-0.1, -0.05) is 44.2 Å². The second kappa shape index (κ2) is 8.90. The normalized spacial score (nSPS) is 14.0. The summed E-state index contributed by atoms with van der Waals surface area (Å²) >= 11 is 0. The van der Waals surface area contributed by atoms with Crippen LogP contribution >= 0.6 is 0 Å². The Labute approximate surface area is 171 Å². The first-order valence-corrected chi connectivity index (χ1v) is 9.88. The quantitative estimate of drug-likeness (QED) is 0.759. The molecule has 0 aliphatic carbocycles. The number of amides is 3. The molecule has 0 radical (unpaired) electrons. The maximum Gasteiger partial charge on any atom is 0.251 e. The molecule has 0 spiro atoms. The number of anilines is 1. The summed E-state index contributed by atoms with van der Waals surface area (Å²) in [4.78, 5) is 38.0. The number of hydrogen-bond acceptors (Lipinski definition) is 3. The lowest BCUT2D eigenvalue weighted by atomic mass is 9.84. The van der Waals surface area contributed by atoms with Crippen molar-refractivity contribution in [3.05, 3.63) is 65.7 Å². The first-order valence-electron chi connectivity index (χ1n) is 9.88. The van der Waals surface area contributed by atoms with Crippen LogP contribution in [0.2, 0.25) is 0 Å². The summed E-state index contributed by atoms with van der Waals surface area (Å²) in [6, 6.07) is 16.9. The van der Waals surface area contributed by atoms with Gasteiger partial charge in [0, 0.05) is 36.2 Å². The first-order chi connectivity index (χ1) is 13.9. The van der Waals surface area contributed by atoms with Gasteiger partial charge in [-0.15, -0.1) is 0 Å². The van der Waals surface area contributed by atoms with Gasteiger partial charge >= 0.3 is 0 Å². The third-order valence-electron chi connectivity index (χ3n) is 5.21. The number of carbonyl (C=O) groups excluding carboxylic acids is 3. The van der Waals surface area contributed by atoms with E-state index in [2.05, 4.69) is 24.5 Å². The molecule has 6 nitrogen and oxygen atoms in total. The molecule has 3 rings (SSSR count). The van der Waals surface area contributed by atoms with Crippen LogP contribution in [0.25, 0.3) is 0 Å². The van der Waals surface area contributed by atoms with Crippen LogP contribution < -0.4 is 15.5 Å². The standard InChI is InChI=1S/C23H27N3O3/c1-23(2,18-7-4-3-5-8-18)16-25-20(27)15-24-22(29)17-10-12-19(13-11-17)26-14-6-9-21(26)28/h3-5,7-8,10-13H,6,9,14-16H2,1-2H3,(H,24,29)(H,25,27). The monoisotopic (exact) mass is 393 g/mol. The van der Waals surface area contributed by atoms with Crippen molar-refractivity contribution in [1.29, 1.82) is 0 Å². The second-order valence-corrected chi connectivity index (χ2v) is 7.91. The average molecular weight is 393 g/mol. The van der Waals surface area contributed by atoms with Crippen LogP contribution in [-0.2, 0) is 15.0 Å². The lowest BCUT2D eigenvalue weighted by molar-refractivity contribution is -0.120. The highest BCUT2D eigenvalue weighted by Crippen LogP contribution is 2.22. The predicted octanol–water partition coefficient (Wildman–Crippen LogP) is 2.64. The van der Waals surface area contributed by atoms with Crippen LogP contribution in [0.1, 0.15) is 42.6 Å². The number of nitrogens with zero attached hydrogens (tertiary/aromatic N) is 1. The van der Waals surface area contributed by atoms with Crippen molar-refractivity contribution in [2.45, 2.75) is 32.1 Å². The van der Waals surface area contributed by atoms with E-state index in [1.54, 1.807) is 29.2 Å². The van der Waals surface area contributed by atoms with E-state index < -0.39 is 0 Å². The largest absolute Gasteiger partial charge is 0.354 e. The van der Waals surface area contributed by atoms with Crippen molar-refractivity contribution in [3.8, 4) is 0 Å². The molecule has 1 aliphatic rings. The van der Waals surface area contributed by atoms with Crippen LogP contribution in [0.4, 0.5) is 5.69 Å². The number of benzene rings is 2. The highest BCUT2D eigenvalue weighted by atomic mass is 16.2. The van der Waals surface area contributed by atoms with Gasteiger partial charge < -0.3 is 15.5 Å². The second-order valence-electron chi connectivity index (χ2n) is 7.91. The van der Waals surface area contributed by atoms with E-state index in [-0.39, 0.29) is 29.7 Å². The predicted molar refractivity (Wildman–Crippen MR) is 113 cm³/mol. The van der Waals surface area contributed by atoms with Crippen molar-refractivity contribution >= 4 is 23.4 Å². The van der Waals surface area contributed by atoms with Gasteiger partial charge in [0.05, 0.1) is 6.54 Å². The molecule has 1 heterocycles. The topological polar surface area (TPSA) is 78.5 Å².